The number of hydrogen-bond donors (Lipinski definition) is 2. The van der Waals surface area contributed by atoms with E-state index in [0.717, 1.165) is 33.7 Å². The first kappa shape index (κ1) is 24.3. The molecule has 3 heterocycles. The number of nitrogens with zero attached hydrogens (tertiary/aromatic N) is 3. The normalized spacial score (nSPS) is 11.1. The molecule has 3 aromatic carbocycles. The van der Waals surface area contributed by atoms with E-state index in [2.05, 4.69) is 5.27 Å². The van der Waals surface area contributed by atoms with Gasteiger partial charge in [0.15, 0.2) is 0 Å². The lowest BCUT2D eigenvalue weighted by atomic mass is 9.98. The number of ketones is 1. The fourth-order valence-electron chi connectivity index (χ4n) is 4.46. The van der Waals surface area contributed by atoms with Crippen molar-refractivity contribution in [3.63, 3.8) is 0 Å². The average molecular weight is 536 g/mol. The number of carbonyl (C=O) groups is 1. The van der Waals surface area contributed by atoms with Crippen molar-refractivity contribution in [3.05, 3.63) is 101 Å². The molecule has 0 aliphatic carbocycles. The first-order valence-electron chi connectivity index (χ1n) is 12.1. The number of pyridine rings is 1. The van der Waals surface area contributed by atoms with Gasteiger partial charge in [-0.25, -0.2) is 4.98 Å². The lowest BCUT2D eigenvalue weighted by Crippen LogP contribution is -2.38. The number of aryl methyl sites for hydroxylation is 1. The van der Waals surface area contributed by atoms with Crippen LogP contribution in [0.4, 0.5) is 5.69 Å². The summed E-state index contributed by atoms with van der Waals surface area (Å²) in [7, 11) is 1.62. The minimum Gasteiger partial charge on any atom is -0.497 e. The van der Waals surface area contributed by atoms with Crippen molar-refractivity contribution in [3.8, 4) is 39.8 Å². The Hall–Kier alpha value is -5.02. The highest BCUT2D eigenvalue weighted by Gasteiger charge is 2.37. The summed E-state index contributed by atoms with van der Waals surface area (Å²) >= 11 is 1.17. The number of ether oxygens (including phenoxy) is 1. The molecule has 0 saturated heterocycles. The van der Waals surface area contributed by atoms with E-state index in [4.69, 9.17) is 20.0 Å². The van der Waals surface area contributed by atoms with Crippen molar-refractivity contribution in [2.45, 2.75) is 6.92 Å². The second kappa shape index (κ2) is 9.70. The number of carbonyl (C=O) groups excluding carboxylic acids is 1. The van der Waals surface area contributed by atoms with Crippen molar-refractivity contribution < 1.29 is 23.8 Å². The highest BCUT2D eigenvalue weighted by atomic mass is 32.1. The topological polar surface area (TPSA) is 115 Å². The smallest absolute Gasteiger partial charge is 0.393 e. The molecule has 0 amide bonds. The summed E-state index contributed by atoms with van der Waals surface area (Å²) in [4.78, 5) is 19.6. The number of methoxy groups -OCH3 is 1. The van der Waals surface area contributed by atoms with Crippen LogP contribution in [0.2, 0.25) is 0 Å². The Balaban J connectivity index is 1.55. The third-order valence-electron chi connectivity index (χ3n) is 6.49. The number of hydrogen-bond acceptors (Lipinski definition) is 8. The predicted octanol–water partition coefficient (Wildman–Crippen LogP) is 5.73. The molecule has 0 spiro atoms. The van der Waals surface area contributed by atoms with Crippen LogP contribution in [0.15, 0.2) is 89.5 Å². The number of rotatable bonds is 6. The Bertz CT molecular complexity index is 1830. The lowest BCUT2D eigenvalue weighted by Gasteiger charge is -2.10. The van der Waals surface area contributed by atoms with Crippen LogP contribution in [0.5, 0.6) is 11.7 Å². The number of fused-ring (bicyclic) bond motifs is 1. The van der Waals surface area contributed by atoms with E-state index in [1.54, 1.807) is 31.4 Å². The molecule has 0 radical (unpaired) electrons. The molecule has 192 valence electrons. The molecule has 0 atom stereocenters. The van der Waals surface area contributed by atoms with Crippen LogP contribution in [0.25, 0.3) is 38.3 Å². The van der Waals surface area contributed by atoms with E-state index in [-0.39, 0.29) is 16.3 Å². The van der Waals surface area contributed by atoms with Gasteiger partial charge in [-0.3, -0.25) is 9.32 Å². The number of anilines is 1. The molecule has 39 heavy (non-hydrogen) atoms. The standard InChI is InChI=1S/C30H22N4O4S/c1-17-8-10-18(11-9-17)22-16-23(19-12-14-21(37-2)15-13-19)32-29-24(22)25(31)28(39-29)27(35)26-30(36)38-33-34(26)20-6-4-3-5-7-20/h3-16H,1-2H3,(H2-,31,33,35,36)/p+1. The van der Waals surface area contributed by atoms with Gasteiger partial charge in [0.1, 0.15) is 15.5 Å². The van der Waals surface area contributed by atoms with Crippen LogP contribution in [0.3, 0.4) is 0 Å². The highest BCUT2D eigenvalue weighted by molar-refractivity contribution is 7.21. The molecule has 3 aromatic heterocycles. The largest absolute Gasteiger partial charge is 0.497 e. The third kappa shape index (κ3) is 4.28. The molecule has 0 aliphatic rings. The van der Waals surface area contributed by atoms with E-state index in [9.17, 15) is 9.90 Å². The fourth-order valence-corrected chi connectivity index (χ4v) is 5.52. The zero-order chi connectivity index (χ0) is 27.1. The van der Waals surface area contributed by atoms with Crippen molar-refractivity contribution in [1.82, 2.24) is 10.3 Å². The molecule has 6 aromatic rings. The van der Waals surface area contributed by atoms with Crippen molar-refractivity contribution >= 4 is 33.0 Å². The number of benzene rings is 3. The Morgan fingerprint density at radius 3 is 2.38 bits per heavy atom. The van der Waals surface area contributed by atoms with Gasteiger partial charge in [0.25, 0.3) is 5.78 Å². The second-order valence-electron chi connectivity index (χ2n) is 8.98. The summed E-state index contributed by atoms with van der Waals surface area (Å²) in [6.07, 6.45) is 0. The van der Waals surface area contributed by atoms with Gasteiger partial charge in [-0.05, 0) is 48.4 Å². The minimum absolute atomic E-state index is 0.119. The van der Waals surface area contributed by atoms with Crippen molar-refractivity contribution in [2.75, 3.05) is 12.8 Å². The van der Waals surface area contributed by atoms with Crippen LogP contribution in [0.1, 0.15) is 20.9 Å². The summed E-state index contributed by atoms with van der Waals surface area (Å²) < 4.78 is 11.6. The molecule has 0 unspecified atom stereocenters. The van der Waals surface area contributed by atoms with Gasteiger partial charge < -0.3 is 15.6 Å². The van der Waals surface area contributed by atoms with E-state index >= 15 is 0 Å². The quantitative estimate of drug-likeness (QED) is 0.207. The molecule has 0 fully saturated rings. The number of thiophene rings is 1. The summed E-state index contributed by atoms with van der Waals surface area (Å²) in [6, 6.07) is 26.7. The summed E-state index contributed by atoms with van der Waals surface area (Å²) in [5.74, 6) is -0.364. The Kier molecular flexibility index (Phi) is 6.05. The lowest BCUT2D eigenvalue weighted by molar-refractivity contribution is -0.672. The molecule has 0 saturated carbocycles. The Morgan fingerprint density at radius 2 is 1.69 bits per heavy atom. The molecule has 9 heteroatoms. The molecular formula is C30H23N4O4S+. The monoisotopic (exact) mass is 535 g/mol. The number of nitrogen functional groups attached to an aromatic ring is 1. The molecule has 0 aliphatic heterocycles. The van der Waals surface area contributed by atoms with Gasteiger partial charge in [-0.2, -0.15) is 0 Å². The van der Waals surface area contributed by atoms with Gasteiger partial charge in [0, 0.05) is 27.8 Å². The van der Waals surface area contributed by atoms with Gasteiger partial charge in [-0.1, -0.05) is 48.0 Å². The first-order chi connectivity index (χ1) is 18.9. The zero-order valence-corrected chi connectivity index (χ0v) is 21.9. The van der Waals surface area contributed by atoms with E-state index < -0.39 is 11.7 Å². The molecule has 8 nitrogen and oxygen atoms in total. The Labute approximate surface area is 227 Å². The van der Waals surface area contributed by atoms with Gasteiger partial charge >= 0.3 is 11.6 Å². The molecule has 0 bridgehead atoms. The number of aromatic hydroxyl groups is 1. The fraction of sp³-hybridized carbons (Fsp3) is 0.0667. The van der Waals surface area contributed by atoms with Crippen molar-refractivity contribution in [2.24, 2.45) is 0 Å². The van der Waals surface area contributed by atoms with E-state index in [1.807, 2.05) is 67.6 Å². The van der Waals surface area contributed by atoms with E-state index in [1.165, 1.54) is 16.0 Å². The molecular weight excluding hydrogens is 512 g/mol. The van der Waals surface area contributed by atoms with Gasteiger partial charge in [-0.15, -0.1) is 11.3 Å². The molecule has 3 N–H and O–H groups in total. The number of nitrogens with two attached hydrogens (primary N) is 1. The third-order valence-corrected chi connectivity index (χ3v) is 7.59. The number of para-hydroxylation sites is 1. The van der Waals surface area contributed by atoms with Crippen LogP contribution >= 0.6 is 11.3 Å². The van der Waals surface area contributed by atoms with Crippen LogP contribution in [-0.2, 0) is 0 Å². The maximum absolute atomic E-state index is 13.8. The summed E-state index contributed by atoms with van der Waals surface area (Å²) in [5.41, 5.74) is 11.9. The maximum Gasteiger partial charge on any atom is 0.393 e. The van der Waals surface area contributed by atoms with Crippen molar-refractivity contribution in [1.29, 1.82) is 0 Å². The van der Waals surface area contributed by atoms with Crippen LogP contribution in [0, 0.1) is 6.92 Å². The van der Waals surface area contributed by atoms with Crippen LogP contribution < -0.4 is 15.2 Å². The Morgan fingerprint density at radius 1 is 1.00 bits per heavy atom. The highest BCUT2D eigenvalue weighted by Crippen LogP contribution is 2.42. The van der Waals surface area contributed by atoms with E-state index in [0.29, 0.717) is 15.9 Å². The first-order valence-corrected chi connectivity index (χ1v) is 12.9. The maximum atomic E-state index is 13.8. The SMILES string of the molecule is COc1ccc(-c2cc(-c3ccc(C)cc3)c3c(N)c(C(=O)c4c(O)on[n+]4-c4ccccc4)sc3n2)cc1. The summed E-state index contributed by atoms with van der Waals surface area (Å²) in [6.45, 7) is 2.03. The summed E-state index contributed by atoms with van der Waals surface area (Å²) in [5, 5.41) is 15.0. The van der Waals surface area contributed by atoms with Gasteiger partial charge in [0.2, 0.25) is 11.0 Å². The predicted molar refractivity (Wildman–Crippen MR) is 149 cm³/mol. The van der Waals surface area contributed by atoms with Crippen LogP contribution in [-0.4, -0.2) is 28.3 Å². The number of aromatic nitrogens is 3. The second-order valence-corrected chi connectivity index (χ2v) is 9.98. The van der Waals surface area contributed by atoms with Gasteiger partial charge in [0.05, 0.1) is 18.5 Å². The zero-order valence-electron chi connectivity index (χ0n) is 21.1. The minimum atomic E-state index is -0.591. The molecule has 6 rings (SSSR count). The average Bonchev–Trinajstić information content (AvgIpc) is 3.53.